The second-order valence-corrected chi connectivity index (χ2v) is 7.71. The largest absolute Gasteiger partial charge is 0.466 e. The van der Waals surface area contributed by atoms with E-state index in [4.69, 9.17) is 14.5 Å². The van der Waals surface area contributed by atoms with Gasteiger partial charge >= 0.3 is 5.97 Å². The predicted molar refractivity (Wildman–Crippen MR) is 112 cm³/mol. The first-order valence-electron chi connectivity index (χ1n) is 10.6. The smallest absolute Gasteiger partial charge is 0.310 e. The van der Waals surface area contributed by atoms with E-state index >= 15 is 0 Å². The van der Waals surface area contributed by atoms with Gasteiger partial charge in [-0.05, 0) is 31.7 Å². The van der Waals surface area contributed by atoms with Gasteiger partial charge in [0.1, 0.15) is 0 Å². The monoisotopic (exact) mass is 418 g/mol. The number of carbonyl (C=O) groups is 1. The number of rotatable bonds is 7. The molecular weight excluding hydrogens is 388 g/mol. The zero-order valence-electron chi connectivity index (χ0n) is 17.4. The van der Waals surface area contributed by atoms with Crippen LogP contribution in [0.4, 0.5) is 5.69 Å². The molecule has 2 saturated heterocycles. The summed E-state index contributed by atoms with van der Waals surface area (Å²) in [5.41, 5.74) is 0.957. The summed E-state index contributed by atoms with van der Waals surface area (Å²) in [6.07, 6.45) is 2.74. The molecule has 0 spiro atoms. The van der Waals surface area contributed by atoms with E-state index in [-0.39, 0.29) is 17.6 Å². The third-order valence-corrected chi connectivity index (χ3v) is 5.47. The van der Waals surface area contributed by atoms with Gasteiger partial charge in [-0.25, -0.2) is 4.99 Å². The van der Waals surface area contributed by atoms with Gasteiger partial charge in [0.25, 0.3) is 5.69 Å². The lowest BCUT2D eigenvalue weighted by Gasteiger charge is -2.34. The summed E-state index contributed by atoms with van der Waals surface area (Å²) in [7, 11) is 0. The van der Waals surface area contributed by atoms with E-state index in [1.54, 1.807) is 12.1 Å². The van der Waals surface area contributed by atoms with E-state index in [0.29, 0.717) is 25.6 Å². The summed E-state index contributed by atoms with van der Waals surface area (Å²) in [6, 6.07) is 6.43. The lowest BCUT2D eigenvalue weighted by Crippen LogP contribution is -2.49. The molecule has 3 rings (SSSR count). The number of piperidine rings is 1. The number of esters is 1. The molecule has 2 fully saturated rings. The quantitative estimate of drug-likeness (QED) is 0.238. The minimum absolute atomic E-state index is 0.0654. The Balaban J connectivity index is 1.69. The minimum atomic E-state index is -0.410. The average Bonchev–Trinajstić information content (AvgIpc) is 3.28. The van der Waals surface area contributed by atoms with E-state index in [9.17, 15) is 14.9 Å². The van der Waals surface area contributed by atoms with Crippen molar-refractivity contribution in [1.29, 1.82) is 0 Å². The van der Waals surface area contributed by atoms with Crippen molar-refractivity contribution in [2.45, 2.75) is 32.7 Å². The van der Waals surface area contributed by atoms with Crippen LogP contribution in [0.2, 0.25) is 0 Å². The lowest BCUT2D eigenvalue weighted by molar-refractivity contribution is -0.384. The topological polar surface area (TPSA) is 106 Å². The van der Waals surface area contributed by atoms with Crippen molar-refractivity contribution in [2.75, 3.05) is 39.5 Å². The fourth-order valence-electron chi connectivity index (χ4n) is 3.76. The summed E-state index contributed by atoms with van der Waals surface area (Å²) < 4.78 is 10.7. The first-order chi connectivity index (χ1) is 14.6. The Labute approximate surface area is 176 Å². The van der Waals surface area contributed by atoms with Crippen molar-refractivity contribution in [3.05, 3.63) is 39.9 Å². The maximum atomic E-state index is 12.2. The lowest BCUT2D eigenvalue weighted by atomic mass is 9.98. The van der Waals surface area contributed by atoms with Gasteiger partial charge in [-0.2, -0.15) is 0 Å². The van der Waals surface area contributed by atoms with Gasteiger partial charge < -0.3 is 19.7 Å². The minimum Gasteiger partial charge on any atom is -0.466 e. The molecule has 164 valence electrons. The van der Waals surface area contributed by atoms with E-state index in [2.05, 4.69) is 10.2 Å². The number of ether oxygens (including phenoxy) is 2. The van der Waals surface area contributed by atoms with Crippen LogP contribution in [0, 0.1) is 22.0 Å². The molecule has 2 unspecified atom stereocenters. The first kappa shape index (κ1) is 22.0. The molecule has 2 aliphatic heterocycles. The Morgan fingerprint density at radius 3 is 2.83 bits per heavy atom. The van der Waals surface area contributed by atoms with Gasteiger partial charge in [0.05, 0.1) is 30.6 Å². The Morgan fingerprint density at radius 1 is 1.37 bits per heavy atom. The van der Waals surface area contributed by atoms with E-state index in [0.717, 1.165) is 57.1 Å². The molecule has 1 N–H and O–H groups in total. The SMILES string of the molecule is CCOC(=O)C1CCCN(C(=NCc2ccc([N+](=O)[O-])cc2)NCC2CCOC2)C1. The normalized spacial score (nSPS) is 22.0. The summed E-state index contributed by atoms with van der Waals surface area (Å²) in [4.78, 5) is 29.5. The highest BCUT2D eigenvalue weighted by molar-refractivity contribution is 5.81. The number of benzene rings is 1. The molecule has 0 bridgehead atoms. The number of nitrogens with one attached hydrogen (secondary N) is 1. The number of nitro groups is 1. The number of hydrogen-bond donors (Lipinski definition) is 1. The molecule has 0 aromatic heterocycles. The molecule has 1 aromatic carbocycles. The van der Waals surface area contributed by atoms with Crippen LogP contribution in [0.1, 0.15) is 31.7 Å². The fraction of sp³-hybridized carbons (Fsp3) is 0.619. The van der Waals surface area contributed by atoms with Crippen LogP contribution in [0.5, 0.6) is 0 Å². The van der Waals surface area contributed by atoms with Gasteiger partial charge in [-0.15, -0.1) is 0 Å². The van der Waals surface area contributed by atoms with Crippen LogP contribution in [-0.2, 0) is 20.8 Å². The second-order valence-electron chi connectivity index (χ2n) is 7.71. The zero-order valence-corrected chi connectivity index (χ0v) is 17.4. The van der Waals surface area contributed by atoms with Crippen LogP contribution < -0.4 is 5.32 Å². The van der Waals surface area contributed by atoms with Crippen molar-refractivity contribution in [1.82, 2.24) is 10.2 Å². The van der Waals surface area contributed by atoms with E-state index < -0.39 is 4.92 Å². The molecule has 9 heteroatoms. The van der Waals surface area contributed by atoms with Gasteiger partial charge in [-0.1, -0.05) is 12.1 Å². The standard InChI is InChI=1S/C21H30N4O5/c1-2-30-20(26)18-4-3-10-24(14-18)21(23-13-17-9-11-29-15-17)22-12-16-5-7-19(8-6-16)25(27)28/h5-8,17-18H,2-4,9-15H2,1H3,(H,22,23). The maximum absolute atomic E-state index is 12.2. The summed E-state index contributed by atoms with van der Waals surface area (Å²) in [5.74, 6) is 0.899. The molecule has 0 aliphatic carbocycles. The summed E-state index contributed by atoms with van der Waals surface area (Å²) in [6.45, 7) is 6.30. The Bertz CT molecular complexity index is 746. The average molecular weight is 418 g/mol. The number of carbonyl (C=O) groups excluding carboxylic acids is 1. The Morgan fingerprint density at radius 2 is 2.17 bits per heavy atom. The van der Waals surface area contributed by atoms with Gasteiger partial charge in [0.2, 0.25) is 0 Å². The third kappa shape index (κ3) is 6.16. The maximum Gasteiger partial charge on any atom is 0.310 e. The number of aliphatic imine (C=N–C) groups is 1. The Hall–Kier alpha value is -2.68. The number of nitro benzene ring substituents is 1. The number of hydrogen-bond acceptors (Lipinski definition) is 6. The number of likely N-dealkylation sites (tertiary alicyclic amines) is 1. The molecule has 30 heavy (non-hydrogen) atoms. The van der Waals surface area contributed by atoms with E-state index in [1.165, 1.54) is 12.1 Å². The summed E-state index contributed by atoms with van der Waals surface area (Å²) in [5, 5.41) is 14.3. The number of nitrogens with zero attached hydrogens (tertiary/aromatic N) is 3. The molecule has 0 amide bonds. The second kappa shape index (κ2) is 10.9. The molecule has 0 saturated carbocycles. The first-order valence-corrected chi connectivity index (χ1v) is 10.6. The molecule has 1 aromatic rings. The number of guanidine groups is 1. The van der Waals surface area contributed by atoms with Gasteiger partial charge in [0, 0.05) is 44.3 Å². The molecule has 0 radical (unpaired) electrons. The Kier molecular flexibility index (Phi) is 8.01. The molecule has 9 nitrogen and oxygen atoms in total. The highest BCUT2D eigenvalue weighted by Crippen LogP contribution is 2.19. The third-order valence-electron chi connectivity index (χ3n) is 5.47. The van der Waals surface area contributed by atoms with Crippen molar-refractivity contribution in [2.24, 2.45) is 16.8 Å². The molecular formula is C21H30N4O5. The summed E-state index contributed by atoms with van der Waals surface area (Å²) >= 11 is 0. The van der Waals surface area contributed by atoms with Gasteiger partial charge in [-0.3, -0.25) is 14.9 Å². The predicted octanol–water partition coefficient (Wildman–Crippen LogP) is 2.35. The van der Waals surface area contributed by atoms with Gasteiger partial charge in [0.15, 0.2) is 5.96 Å². The van der Waals surface area contributed by atoms with Crippen LogP contribution in [0.25, 0.3) is 0 Å². The van der Waals surface area contributed by atoms with Crippen LogP contribution in [0.15, 0.2) is 29.3 Å². The molecule has 2 heterocycles. The highest BCUT2D eigenvalue weighted by atomic mass is 16.6. The van der Waals surface area contributed by atoms with Crippen LogP contribution in [0.3, 0.4) is 0 Å². The fourth-order valence-corrected chi connectivity index (χ4v) is 3.76. The van der Waals surface area contributed by atoms with E-state index in [1.807, 2.05) is 6.92 Å². The van der Waals surface area contributed by atoms with Crippen molar-refractivity contribution < 1.29 is 19.2 Å². The van der Waals surface area contributed by atoms with Crippen LogP contribution >= 0.6 is 0 Å². The van der Waals surface area contributed by atoms with Crippen molar-refractivity contribution in [3.63, 3.8) is 0 Å². The highest BCUT2D eigenvalue weighted by Gasteiger charge is 2.29. The molecule has 2 aliphatic rings. The van der Waals surface area contributed by atoms with Crippen molar-refractivity contribution in [3.8, 4) is 0 Å². The molecule has 2 atom stereocenters. The van der Waals surface area contributed by atoms with Crippen molar-refractivity contribution >= 4 is 17.6 Å². The zero-order chi connectivity index (χ0) is 21.3. The number of non-ortho nitro benzene ring substituents is 1. The van der Waals surface area contributed by atoms with Crippen LogP contribution in [-0.4, -0.2) is 61.2 Å².